The summed E-state index contributed by atoms with van der Waals surface area (Å²) in [5.41, 5.74) is 6.30. The molecular formula is C14H17BrN2O4. The lowest BCUT2D eigenvalue weighted by Crippen LogP contribution is -2.44. The van der Waals surface area contributed by atoms with Gasteiger partial charge in [0, 0.05) is 19.4 Å². The summed E-state index contributed by atoms with van der Waals surface area (Å²) in [5.74, 6) is -1.10. The molecule has 21 heavy (non-hydrogen) atoms. The summed E-state index contributed by atoms with van der Waals surface area (Å²) in [6, 6.07) is 3.89. The first-order valence-electron chi connectivity index (χ1n) is 6.62. The molecule has 2 rings (SSSR count). The number of hydrogen-bond acceptors (Lipinski definition) is 4. The second kappa shape index (κ2) is 6.44. The maximum Gasteiger partial charge on any atom is 0.326 e. The Hall–Kier alpha value is -1.60. The van der Waals surface area contributed by atoms with Crippen LogP contribution < -0.4 is 5.73 Å². The van der Waals surface area contributed by atoms with Crippen LogP contribution in [0.5, 0.6) is 5.75 Å². The van der Waals surface area contributed by atoms with Gasteiger partial charge in [0.05, 0.1) is 4.47 Å². The molecular weight excluding hydrogens is 340 g/mol. The van der Waals surface area contributed by atoms with Crippen molar-refractivity contribution in [2.45, 2.75) is 18.9 Å². The van der Waals surface area contributed by atoms with E-state index in [0.717, 1.165) is 5.56 Å². The van der Waals surface area contributed by atoms with Crippen LogP contribution >= 0.6 is 15.9 Å². The lowest BCUT2D eigenvalue weighted by Gasteiger charge is -2.25. The minimum Gasteiger partial charge on any atom is -0.507 e. The van der Waals surface area contributed by atoms with E-state index in [4.69, 9.17) is 5.73 Å². The second-order valence-electron chi connectivity index (χ2n) is 5.20. The molecule has 4 N–H and O–H groups in total. The first-order valence-corrected chi connectivity index (χ1v) is 7.41. The van der Waals surface area contributed by atoms with Crippen LogP contribution in [-0.2, 0) is 16.0 Å². The third kappa shape index (κ3) is 3.54. The number of phenols is 1. The third-order valence-electron chi connectivity index (χ3n) is 3.67. The minimum absolute atomic E-state index is 0.0194. The number of nitrogens with two attached hydrogens (primary N) is 1. The van der Waals surface area contributed by atoms with Gasteiger partial charge in [0.1, 0.15) is 11.8 Å². The van der Waals surface area contributed by atoms with E-state index >= 15 is 0 Å². The largest absolute Gasteiger partial charge is 0.507 e. The summed E-state index contributed by atoms with van der Waals surface area (Å²) < 4.78 is 0.497. The maximum absolute atomic E-state index is 12.0. The minimum atomic E-state index is -1.04. The van der Waals surface area contributed by atoms with Crippen LogP contribution in [0.1, 0.15) is 12.0 Å². The van der Waals surface area contributed by atoms with Crippen molar-refractivity contribution in [1.82, 2.24) is 4.90 Å². The molecule has 0 aromatic heterocycles. The molecule has 0 spiro atoms. The van der Waals surface area contributed by atoms with Gasteiger partial charge in [0.15, 0.2) is 0 Å². The number of halogens is 1. The Bertz CT molecular complexity index is 564. The predicted octanol–water partition coefficient (Wildman–Crippen LogP) is 0.958. The Labute approximate surface area is 130 Å². The van der Waals surface area contributed by atoms with Gasteiger partial charge in [-0.3, -0.25) is 4.79 Å². The topological polar surface area (TPSA) is 104 Å². The Morgan fingerprint density at radius 1 is 1.52 bits per heavy atom. The van der Waals surface area contributed by atoms with Gasteiger partial charge in [0.2, 0.25) is 5.91 Å². The van der Waals surface area contributed by atoms with E-state index in [0.29, 0.717) is 24.0 Å². The highest BCUT2D eigenvalue weighted by molar-refractivity contribution is 9.10. The van der Waals surface area contributed by atoms with Crippen molar-refractivity contribution in [2.24, 2.45) is 11.7 Å². The monoisotopic (exact) mass is 356 g/mol. The Morgan fingerprint density at radius 2 is 2.24 bits per heavy atom. The fourth-order valence-electron chi connectivity index (χ4n) is 2.50. The van der Waals surface area contributed by atoms with Crippen LogP contribution in [-0.4, -0.2) is 46.1 Å². The lowest BCUT2D eigenvalue weighted by atomic mass is 10.0. The van der Waals surface area contributed by atoms with E-state index in [1.165, 1.54) is 11.0 Å². The molecule has 1 aromatic carbocycles. The van der Waals surface area contributed by atoms with Crippen molar-refractivity contribution in [3.05, 3.63) is 28.2 Å². The number of carboxylic acids is 1. The fraction of sp³-hybridized carbons (Fsp3) is 0.429. The number of aromatic hydroxyl groups is 1. The number of carboxylic acid groups (broad SMARTS) is 1. The van der Waals surface area contributed by atoms with Crippen LogP contribution in [0.4, 0.5) is 0 Å². The van der Waals surface area contributed by atoms with Crippen molar-refractivity contribution >= 4 is 27.8 Å². The Kier molecular flexibility index (Phi) is 4.84. The summed E-state index contributed by atoms with van der Waals surface area (Å²) in [7, 11) is 0. The molecule has 114 valence electrons. The molecule has 1 aliphatic heterocycles. The van der Waals surface area contributed by atoms with Gasteiger partial charge in [-0.25, -0.2) is 4.79 Å². The zero-order valence-electron chi connectivity index (χ0n) is 11.3. The SMILES string of the molecule is NCC1CC(=O)N([C@@H](Cc2ccc(O)c(Br)c2)C(=O)O)C1. The quantitative estimate of drug-likeness (QED) is 0.728. The van der Waals surface area contributed by atoms with Crippen molar-refractivity contribution in [1.29, 1.82) is 0 Å². The van der Waals surface area contributed by atoms with Gasteiger partial charge >= 0.3 is 5.97 Å². The number of benzene rings is 1. The van der Waals surface area contributed by atoms with Gasteiger partial charge < -0.3 is 20.8 Å². The lowest BCUT2D eigenvalue weighted by molar-refractivity contribution is -0.148. The average molecular weight is 357 g/mol. The highest BCUT2D eigenvalue weighted by Crippen LogP contribution is 2.27. The van der Waals surface area contributed by atoms with E-state index < -0.39 is 12.0 Å². The number of likely N-dealkylation sites (tertiary alicyclic amines) is 1. The molecule has 1 aliphatic rings. The highest BCUT2D eigenvalue weighted by Gasteiger charge is 2.37. The number of phenolic OH excluding ortho intramolecular Hbond substituents is 1. The zero-order chi connectivity index (χ0) is 15.6. The van der Waals surface area contributed by atoms with Crippen LogP contribution in [0.25, 0.3) is 0 Å². The van der Waals surface area contributed by atoms with E-state index in [-0.39, 0.29) is 24.0 Å². The molecule has 1 fully saturated rings. The van der Waals surface area contributed by atoms with Gasteiger partial charge in [-0.1, -0.05) is 6.07 Å². The normalized spacial score (nSPS) is 19.8. The number of amides is 1. The summed E-state index contributed by atoms with van der Waals surface area (Å²) >= 11 is 3.19. The number of hydrogen-bond donors (Lipinski definition) is 3. The van der Waals surface area contributed by atoms with Crippen LogP contribution in [0.15, 0.2) is 22.7 Å². The van der Waals surface area contributed by atoms with E-state index in [1.54, 1.807) is 12.1 Å². The van der Waals surface area contributed by atoms with Crippen molar-refractivity contribution in [3.8, 4) is 5.75 Å². The first kappa shape index (κ1) is 15.8. The van der Waals surface area contributed by atoms with Crippen LogP contribution in [0.3, 0.4) is 0 Å². The smallest absolute Gasteiger partial charge is 0.326 e. The summed E-state index contributed by atoms with van der Waals surface area (Å²) in [4.78, 5) is 24.8. The number of aliphatic carboxylic acids is 1. The molecule has 0 radical (unpaired) electrons. The van der Waals surface area contributed by atoms with E-state index in [9.17, 15) is 19.8 Å². The Morgan fingerprint density at radius 3 is 2.76 bits per heavy atom. The maximum atomic E-state index is 12.0. The summed E-state index contributed by atoms with van der Waals surface area (Å²) in [6.45, 7) is 0.755. The van der Waals surface area contributed by atoms with Gasteiger partial charge in [-0.2, -0.15) is 0 Å². The molecule has 6 nitrogen and oxygen atoms in total. The van der Waals surface area contributed by atoms with Crippen molar-refractivity contribution < 1.29 is 19.8 Å². The average Bonchev–Trinajstić information content (AvgIpc) is 2.80. The number of carbonyl (C=O) groups is 2. The van der Waals surface area contributed by atoms with Gasteiger partial charge in [-0.15, -0.1) is 0 Å². The van der Waals surface area contributed by atoms with Crippen LogP contribution in [0.2, 0.25) is 0 Å². The molecule has 2 atom stereocenters. The molecule has 1 saturated heterocycles. The van der Waals surface area contributed by atoms with E-state index in [2.05, 4.69) is 15.9 Å². The molecule has 0 saturated carbocycles. The number of nitrogens with zero attached hydrogens (tertiary/aromatic N) is 1. The standard InChI is InChI=1S/C14H17BrN2O4/c15-10-3-8(1-2-12(10)18)4-11(14(20)21)17-7-9(6-16)5-13(17)19/h1-3,9,11,18H,4-7,16H2,(H,20,21)/t9?,11-/m0/s1. The number of carbonyl (C=O) groups excluding carboxylic acids is 1. The molecule has 7 heteroatoms. The fourth-order valence-corrected chi connectivity index (χ4v) is 2.93. The van der Waals surface area contributed by atoms with Gasteiger partial charge in [0.25, 0.3) is 0 Å². The molecule has 1 unspecified atom stereocenters. The molecule has 1 aromatic rings. The van der Waals surface area contributed by atoms with Crippen molar-refractivity contribution in [2.75, 3.05) is 13.1 Å². The number of rotatable bonds is 5. The summed E-state index contributed by atoms with van der Waals surface area (Å²) in [6.07, 6.45) is 0.497. The molecule has 0 bridgehead atoms. The molecule has 1 amide bonds. The Balaban J connectivity index is 2.18. The summed E-state index contributed by atoms with van der Waals surface area (Å²) in [5, 5.41) is 18.9. The van der Waals surface area contributed by atoms with E-state index in [1.807, 2.05) is 0 Å². The third-order valence-corrected chi connectivity index (χ3v) is 4.31. The first-order chi connectivity index (χ1) is 9.92. The highest BCUT2D eigenvalue weighted by atomic mass is 79.9. The predicted molar refractivity (Wildman–Crippen MR) is 79.8 cm³/mol. The second-order valence-corrected chi connectivity index (χ2v) is 6.05. The molecule has 0 aliphatic carbocycles. The zero-order valence-corrected chi connectivity index (χ0v) is 12.9. The molecule has 1 heterocycles. The van der Waals surface area contributed by atoms with Crippen molar-refractivity contribution in [3.63, 3.8) is 0 Å². The van der Waals surface area contributed by atoms with Gasteiger partial charge in [-0.05, 0) is 46.1 Å². The van der Waals surface area contributed by atoms with Crippen LogP contribution in [0, 0.1) is 5.92 Å².